The van der Waals surface area contributed by atoms with Gasteiger partial charge in [0.1, 0.15) is 0 Å². The highest BCUT2D eigenvalue weighted by Crippen LogP contribution is 2.20. The molecule has 6 heteroatoms. The van der Waals surface area contributed by atoms with Crippen LogP contribution in [0.15, 0.2) is 18.2 Å². The van der Waals surface area contributed by atoms with Crippen molar-refractivity contribution in [3.05, 3.63) is 28.8 Å². The molecule has 1 fully saturated rings. The zero-order valence-electron chi connectivity index (χ0n) is 11.7. The van der Waals surface area contributed by atoms with Gasteiger partial charge in [-0.3, -0.25) is 15.5 Å². The minimum Gasteiger partial charge on any atom is -0.350 e. The Kier molecular flexibility index (Phi) is 5.23. The van der Waals surface area contributed by atoms with E-state index in [-0.39, 0.29) is 5.91 Å². The van der Waals surface area contributed by atoms with Crippen molar-refractivity contribution >= 4 is 23.2 Å². The molecule has 1 aromatic rings. The fourth-order valence-corrected chi connectivity index (χ4v) is 2.85. The second-order valence-electron chi connectivity index (χ2n) is 4.97. The number of amides is 1. The molecule has 0 aliphatic carbocycles. The van der Waals surface area contributed by atoms with Gasteiger partial charge in [0.2, 0.25) is 0 Å². The Morgan fingerprint density at radius 1 is 1.55 bits per heavy atom. The van der Waals surface area contributed by atoms with Crippen LogP contribution in [0.1, 0.15) is 30.1 Å². The number of benzene rings is 1. The summed E-state index contributed by atoms with van der Waals surface area (Å²) in [7, 11) is 0. The number of nitrogens with zero attached hydrogens (tertiary/aromatic N) is 1. The van der Waals surface area contributed by atoms with E-state index in [4.69, 9.17) is 17.4 Å². The maximum absolute atomic E-state index is 12.2. The second kappa shape index (κ2) is 6.92. The molecule has 20 heavy (non-hydrogen) atoms. The van der Waals surface area contributed by atoms with Gasteiger partial charge in [-0.25, -0.2) is 0 Å². The minimum atomic E-state index is -0.150. The summed E-state index contributed by atoms with van der Waals surface area (Å²) in [5, 5.41) is 3.49. The standard InChI is InChI=1S/C14H21ClN4O/c1-2-19-7-3-4-11(19)9-17-14(20)12-8-10(15)5-6-13(12)18-16/h5-6,8,11,18H,2-4,7,9,16H2,1H3,(H,17,20). The van der Waals surface area contributed by atoms with Crippen LogP contribution >= 0.6 is 11.6 Å². The van der Waals surface area contributed by atoms with Crippen molar-refractivity contribution in [1.82, 2.24) is 10.2 Å². The number of likely N-dealkylation sites (N-methyl/N-ethyl adjacent to an activating group) is 1. The average Bonchev–Trinajstić information content (AvgIpc) is 2.92. The molecule has 1 aromatic carbocycles. The third-order valence-corrected chi connectivity index (χ3v) is 4.02. The van der Waals surface area contributed by atoms with E-state index in [0.29, 0.717) is 28.9 Å². The van der Waals surface area contributed by atoms with Crippen LogP contribution in [0.3, 0.4) is 0 Å². The van der Waals surface area contributed by atoms with Gasteiger partial charge in [0, 0.05) is 17.6 Å². The van der Waals surface area contributed by atoms with E-state index in [1.807, 2.05) is 0 Å². The SMILES string of the molecule is CCN1CCCC1CNC(=O)c1cc(Cl)ccc1NN. The first-order valence-corrected chi connectivity index (χ1v) is 7.32. The Balaban J connectivity index is 2.00. The number of carbonyl (C=O) groups excluding carboxylic acids is 1. The van der Waals surface area contributed by atoms with Gasteiger partial charge in [-0.2, -0.15) is 0 Å². The van der Waals surface area contributed by atoms with E-state index < -0.39 is 0 Å². The van der Waals surface area contributed by atoms with Crippen molar-refractivity contribution in [1.29, 1.82) is 0 Å². The molecule has 1 atom stereocenters. The van der Waals surface area contributed by atoms with Gasteiger partial charge in [0.25, 0.3) is 5.91 Å². The molecular weight excluding hydrogens is 276 g/mol. The number of likely N-dealkylation sites (tertiary alicyclic amines) is 1. The number of hydrogen-bond donors (Lipinski definition) is 3. The summed E-state index contributed by atoms with van der Waals surface area (Å²) in [5.41, 5.74) is 3.57. The number of hydrogen-bond acceptors (Lipinski definition) is 4. The lowest BCUT2D eigenvalue weighted by Gasteiger charge is -2.23. The molecule has 0 bridgehead atoms. The number of hydrazine groups is 1. The smallest absolute Gasteiger partial charge is 0.253 e. The summed E-state index contributed by atoms with van der Waals surface area (Å²) in [5.74, 6) is 5.27. The number of rotatable bonds is 5. The molecule has 1 aliphatic rings. The van der Waals surface area contributed by atoms with E-state index in [0.717, 1.165) is 19.5 Å². The summed E-state index contributed by atoms with van der Waals surface area (Å²) in [4.78, 5) is 14.6. The molecule has 5 nitrogen and oxygen atoms in total. The van der Waals surface area contributed by atoms with Gasteiger partial charge in [0.05, 0.1) is 11.3 Å². The molecule has 1 heterocycles. The zero-order chi connectivity index (χ0) is 14.5. The maximum Gasteiger partial charge on any atom is 0.253 e. The van der Waals surface area contributed by atoms with Crippen molar-refractivity contribution < 1.29 is 4.79 Å². The number of nitrogen functional groups attached to an aromatic ring is 1. The molecular formula is C14H21ClN4O. The second-order valence-corrected chi connectivity index (χ2v) is 5.41. The molecule has 1 amide bonds. The largest absolute Gasteiger partial charge is 0.350 e. The van der Waals surface area contributed by atoms with E-state index in [2.05, 4.69) is 22.6 Å². The average molecular weight is 297 g/mol. The number of anilines is 1. The number of nitrogens with two attached hydrogens (primary N) is 1. The minimum absolute atomic E-state index is 0.150. The Labute approximate surface area is 124 Å². The highest BCUT2D eigenvalue weighted by Gasteiger charge is 2.23. The third kappa shape index (κ3) is 3.42. The zero-order valence-corrected chi connectivity index (χ0v) is 12.4. The first kappa shape index (κ1) is 15.1. The van der Waals surface area contributed by atoms with Crippen molar-refractivity contribution in [2.45, 2.75) is 25.8 Å². The van der Waals surface area contributed by atoms with Crippen LogP contribution in [-0.4, -0.2) is 36.5 Å². The fraction of sp³-hybridized carbons (Fsp3) is 0.500. The molecule has 0 radical (unpaired) electrons. The molecule has 110 valence electrons. The Morgan fingerprint density at radius 2 is 2.35 bits per heavy atom. The van der Waals surface area contributed by atoms with E-state index in [1.165, 1.54) is 6.42 Å². The van der Waals surface area contributed by atoms with Crippen molar-refractivity contribution in [2.24, 2.45) is 5.84 Å². The summed E-state index contributed by atoms with van der Waals surface area (Å²) in [6, 6.07) is 5.45. The number of halogens is 1. The third-order valence-electron chi connectivity index (χ3n) is 3.79. The molecule has 0 saturated carbocycles. The fourth-order valence-electron chi connectivity index (χ4n) is 2.68. The number of carbonyl (C=O) groups is 1. The summed E-state index contributed by atoms with van der Waals surface area (Å²) >= 11 is 5.93. The molecule has 0 spiro atoms. The predicted octanol–water partition coefficient (Wildman–Crippen LogP) is 1.84. The van der Waals surface area contributed by atoms with Crippen LogP contribution in [-0.2, 0) is 0 Å². The van der Waals surface area contributed by atoms with Gasteiger partial charge in [-0.15, -0.1) is 0 Å². The van der Waals surface area contributed by atoms with Crippen LogP contribution in [0.2, 0.25) is 5.02 Å². The predicted molar refractivity (Wildman–Crippen MR) is 81.9 cm³/mol. The summed E-state index contributed by atoms with van der Waals surface area (Å²) < 4.78 is 0. The van der Waals surface area contributed by atoms with Gasteiger partial charge in [-0.05, 0) is 44.1 Å². The van der Waals surface area contributed by atoms with Crippen LogP contribution in [0.4, 0.5) is 5.69 Å². The topological polar surface area (TPSA) is 70.4 Å². The highest BCUT2D eigenvalue weighted by atomic mass is 35.5. The lowest BCUT2D eigenvalue weighted by atomic mass is 10.1. The van der Waals surface area contributed by atoms with E-state index in [1.54, 1.807) is 18.2 Å². The molecule has 2 rings (SSSR count). The quantitative estimate of drug-likeness (QED) is 0.573. The molecule has 1 aliphatic heterocycles. The molecule has 4 N–H and O–H groups in total. The monoisotopic (exact) mass is 296 g/mol. The van der Waals surface area contributed by atoms with Gasteiger partial charge < -0.3 is 10.7 Å². The van der Waals surface area contributed by atoms with Crippen molar-refractivity contribution in [2.75, 3.05) is 25.1 Å². The highest BCUT2D eigenvalue weighted by molar-refractivity contribution is 6.31. The lowest BCUT2D eigenvalue weighted by Crippen LogP contribution is -2.40. The van der Waals surface area contributed by atoms with Crippen LogP contribution in [0, 0.1) is 0 Å². The van der Waals surface area contributed by atoms with Crippen LogP contribution < -0.4 is 16.6 Å². The first-order valence-electron chi connectivity index (χ1n) is 6.94. The molecule has 0 aromatic heterocycles. The van der Waals surface area contributed by atoms with Crippen molar-refractivity contribution in [3.8, 4) is 0 Å². The first-order chi connectivity index (χ1) is 9.65. The normalized spacial score (nSPS) is 19.1. The maximum atomic E-state index is 12.2. The molecule has 1 saturated heterocycles. The summed E-state index contributed by atoms with van der Waals surface area (Å²) in [6.45, 7) is 4.94. The van der Waals surface area contributed by atoms with Crippen LogP contribution in [0.25, 0.3) is 0 Å². The Morgan fingerprint density at radius 3 is 3.05 bits per heavy atom. The van der Waals surface area contributed by atoms with Crippen LogP contribution in [0.5, 0.6) is 0 Å². The lowest BCUT2D eigenvalue weighted by molar-refractivity contribution is 0.0942. The van der Waals surface area contributed by atoms with Crippen molar-refractivity contribution in [3.63, 3.8) is 0 Å². The van der Waals surface area contributed by atoms with E-state index in [9.17, 15) is 4.79 Å². The van der Waals surface area contributed by atoms with E-state index >= 15 is 0 Å². The Hall–Kier alpha value is -1.30. The number of nitrogens with one attached hydrogen (secondary N) is 2. The van der Waals surface area contributed by atoms with Gasteiger partial charge >= 0.3 is 0 Å². The Bertz CT molecular complexity index is 480. The van der Waals surface area contributed by atoms with Gasteiger partial charge in [-0.1, -0.05) is 18.5 Å². The van der Waals surface area contributed by atoms with Gasteiger partial charge in [0.15, 0.2) is 0 Å². The molecule has 1 unspecified atom stereocenters. The summed E-state index contributed by atoms with van der Waals surface area (Å²) in [6.07, 6.45) is 2.33.